The van der Waals surface area contributed by atoms with E-state index in [0.717, 1.165) is 12.1 Å². The molecule has 2 heterocycles. The van der Waals surface area contributed by atoms with Crippen LogP contribution in [-0.2, 0) is 17.5 Å². The maximum Gasteiger partial charge on any atom is 0.416 e. The van der Waals surface area contributed by atoms with Gasteiger partial charge < -0.3 is 16.4 Å². The van der Waals surface area contributed by atoms with E-state index in [0.29, 0.717) is 35.2 Å². The van der Waals surface area contributed by atoms with E-state index in [1.54, 1.807) is 23.0 Å². The molecule has 0 spiro atoms. The summed E-state index contributed by atoms with van der Waals surface area (Å²) in [4.78, 5) is 17.0. The highest BCUT2D eigenvalue weighted by Gasteiger charge is 2.30. The summed E-state index contributed by atoms with van der Waals surface area (Å²) in [5.74, 6) is -0.411. The van der Waals surface area contributed by atoms with Gasteiger partial charge in [-0.05, 0) is 50.3 Å². The number of aromatic nitrogens is 2. The van der Waals surface area contributed by atoms with Crippen molar-refractivity contribution in [3.8, 4) is 0 Å². The number of amidine groups is 1. The Kier molecular flexibility index (Phi) is 7.52. The van der Waals surface area contributed by atoms with E-state index in [4.69, 9.17) is 5.73 Å². The fraction of sp³-hybridized carbons (Fsp3) is 0.318. The number of anilines is 1. The van der Waals surface area contributed by atoms with Crippen LogP contribution in [0.3, 0.4) is 0 Å². The van der Waals surface area contributed by atoms with Gasteiger partial charge >= 0.3 is 6.18 Å². The van der Waals surface area contributed by atoms with Crippen LogP contribution in [0.25, 0.3) is 12.2 Å². The number of hydrogen-bond donors (Lipinski definition) is 3. The fourth-order valence-electron chi connectivity index (χ4n) is 3.09. The molecule has 0 radical (unpaired) electrons. The second-order valence-corrected chi connectivity index (χ2v) is 8.62. The topological polar surface area (TPSA) is 97.3 Å². The largest absolute Gasteiger partial charge is 0.416 e. The fourth-order valence-corrected chi connectivity index (χ4v) is 4.12. The monoisotopic (exact) mass is 478 g/mol. The molecule has 1 aromatic carbocycles. The summed E-state index contributed by atoms with van der Waals surface area (Å²) < 4.78 is 39.8. The molecule has 0 saturated carbocycles. The second kappa shape index (κ2) is 10.2. The van der Waals surface area contributed by atoms with E-state index in [1.165, 1.54) is 23.9 Å². The lowest BCUT2D eigenvalue weighted by molar-refractivity contribution is -0.137. The van der Waals surface area contributed by atoms with Gasteiger partial charge in [0.1, 0.15) is 0 Å². The zero-order valence-corrected chi connectivity index (χ0v) is 19.0. The first-order valence-electron chi connectivity index (χ1n) is 10.2. The Hall–Kier alpha value is -3.21. The predicted molar refractivity (Wildman–Crippen MR) is 127 cm³/mol. The van der Waals surface area contributed by atoms with Crippen molar-refractivity contribution in [2.75, 3.05) is 11.9 Å². The molecule has 1 aromatic heterocycles. The Balaban J connectivity index is 1.55. The Morgan fingerprint density at radius 1 is 1.39 bits per heavy atom. The molecule has 2 aromatic rings. The van der Waals surface area contributed by atoms with Crippen LogP contribution < -0.4 is 16.4 Å². The molecule has 4 N–H and O–H groups in total. The van der Waals surface area contributed by atoms with Crippen LogP contribution >= 0.6 is 11.8 Å². The number of rotatable bonds is 7. The minimum atomic E-state index is -4.38. The molecular formula is C22H25F3N6OS. The van der Waals surface area contributed by atoms with Gasteiger partial charge in [-0.15, -0.1) is 0 Å². The van der Waals surface area contributed by atoms with E-state index in [1.807, 2.05) is 13.8 Å². The van der Waals surface area contributed by atoms with Crippen molar-refractivity contribution in [3.05, 3.63) is 59.6 Å². The maximum atomic E-state index is 12.7. The Bertz CT molecular complexity index is 1070. The molecule has 0 aliphatic carbocycles. The minimum absolute atomic E-state index is 0.0487. The van der Waals surface area contributed by atoms with Crippen molar-refractivity contribution >= 4 is 40.7 Å². The number of benzene rings is 1. The second-order valence-electron chi connectivity index (χ2n) is 7.39. The molecule has 0 saturated heterocycles. The van der Waals surface area contributed by atoms with Crippen LogP contribution in [0, 0.1) is 0 Å². The number of aryl methyl sites for hydroxylation is 1. The summed E-state index contributed by atoms with van der Waals surface area (Å²) in [5.41, 5.74) is 7.17. The number of thioether (sulfide) groups is 1. The van der Waals surface area contributed by atoms with E-state index in [-0.39, 0.29) is 17.0 Å². The summed E-state index contributed by atoms with van der Waals surface area (Å²) in [5, 5.41) is 10.7. The lowest BCUT2D eigenvalue weighted by Gasteiger charge is -2.19. The number of hydrogen-bond acceptors (Lipinski definition) is 6. The first-order valence-corrected chi connectivity index (χ1v) is 11.1. The first-order chi connectivity index (χ1) is 15.6. The molecule has 2 unspecified atom stereocenters. The van der Waals surface area contributed by atoms with Crippen molar-refractivity contribution < 1.29 is 18.0 Å². The van der Waals surface area contributed by atoms with Gasteiger partial charge in [-0.25, -0.2) is 0 Å². The van der Waals surface area contributed by atoms with Gasteiger partial charge in [0.05, 0.1) is 28.7 Å². The number of halogens is 3. The van der Waals surface area contributed by atoms with Crippen molar-refractivity contribution in [3.63, 3.8) is 0 Å². The number of alkyl halides is 3. The molecule has 33 heavy (non-hydrogen) atoms. The number of aliphatic imine (C=N–C) groups is 1. The molecule has 1 amide bonds. The molecule has 0 bridgehead atoms. The molecule has 2 atom stereocenters. The molecular weight excluding hydrogens is 453 g/mol. The number of carbonyl (C=O) groups is 1. The van der Waals surface area contributed by atoms with Crippen molar-refractivity contribution in [2.24, 2.45) is 10.7 Å². The number of nitrogens with zero attached hydrogens (tertiary/aromatic N) is 3. The summed E-state index contributed by atoms with van der Waals surface area (Å²) in [6.07, 6.45) is 0.578. The molecule has 11 heteroatoms. The zero-order valence-electron chi connectivity index (χ0n) is 18.2. The third kappa shape index (κ3) is 6.19. The minimum Gasteiger partial charge on any atom is -0.394 e. The average Bonchev–Trinajstić information content (AvgIpc) is 3.40. The summed E-state index contributed by atoms with van der Waals surface area (Å²) in [7, 11) is 0. The third-order valence-electron chi connectivity index (χ3n) is 4.97. The molecule has 1 aliphatic rings. The summed E-state index contributed by atoms with van der Waals surface area (Å²) >= 11 is 1.41. The van der Waals surface area contributed by atoms with Crippen molar-refractivity contribution in [1.29, 1.82) is 0 Å². The summed E-state index contributed by atoms with van der Waals surface area (Å²) in [6, 6.07) is 4.49. The van der Waals surface area contributed by atoms with Gasteiger partial charge in [-0.3, -0.25) is 14.5 Å². The average molecular weight is 479 g/mol. The van der Waals surface area contributed by atoms with Crippen LogP contribution in [-0.4, -0.2) is 38.7 Å². The first kappa shape index (κ1) is 24.4. The van der Waals surface area contributed by atoms with Gasteiger partial charge in [0, 0.05) is 30.0 Å². The van der Waals surface area contributed by atoms with Crippen molar-refractivity contribution in [2.45, 2.75) is 37.9 Å². The van der Waals surface area contributed by atoms with Gasteiger partial charge in [-0.1, -0.05) is 18.3 Å². The van der Waals surface area contributed by atoms with E-state index in [2.05, 4.69) is 27.3 Å². The highest BCUT2D eigenvalue weighted by atomic mass is 32.2. The van der Waals surface area contributed by atoms with Crippen LogP contribution in [0.1, 0.15) is 30.7 Å². The smallest absolute Gasteiger partial charge is 0.394 e. The molecule has 7 nitrogen and oxygen atoms in total. The number of amides is 1. The van der Waals surface area contributed by atoms with Crippen LogP contribution in [0.2, 0.25) is 0 Å². The normalized spacial score (nSPS) is 17.4. The van der Waals surface area contributed by atoms with Gasteiger partial charge in [0.2, 0.25) is 0 Å². The third-order valence-corrected chi connectivity index (χ3v) is 6.28. The van der Waals surface area contributed by atoms with E-state index < -0.39 is 17.6 Å². The molecule has 0 fully saturated rings. The number of nitrogens with two attached hydrogens (primary N) is 1. The Morgan fingerprint density at radius 2 is 2.09 bits per heavy atom. The van der Waals surface area contributed by atoms with Gasteiger partial charge in [0.25, 0.3) is 5.91 Å². The molecule has 3 rings (SSSR count). The van der Waals surface area contributed by atoms with Crippen molar-refractivity contribution in [1.82, 2.24) is 15.1 Å². The zero-order chi connectivity index (χ0) is 24.2. The summed E-state index contributed by atoms with van der Waals surface area (Å²) in [6.45, 7) is 8.66. The molecule has 176 valence electrons. The SMILES string of the molecule is C=Cc1nn(CC)cc1/C=C(\N)C(=O)NC(C)C1CN=C(Nc2ccc(C(F)(F)F)cc2)S1. The highest BCUT2D eigenvalue weighted by Crippen LogP contribution is 2.31. The Morgan fingerprint density at radius 3 is 2.70 bits per heavy atom. The molecule has 1 aliphatic heterocycles. The lowest BCUT2D eigenvalue weighted by Crippen LogP contribution is -2.42. The Labute approximate surface area is 194 Å². The van der Waals surface area contributed by atoms with Crippen LogP contribution in [0.15, 0.2) is 47.7 Å². The van der Waals surface area contributed by atoms with E-state index in [9.17, 15) is 18.0 Å². The standard InChI is InChI=1S/C22H25F3N6OS/c1-4-18-14(12-31(5-2)30-18)10-17(26)20(32)28-13(3)19-11-27-21(33-19)29-16-8-6-15(7-9-16)22(23,24)25/h4,6-10,12-13,19H,1,5,11,26H2,2-3H3,(H,27,29)(H,28,32)/b17-10-. The lowest BCUT2D eigenvalue weighted by atomic mass is 10.2. The maximum absolute atomic E-state index is 12.7. The number of carbonyl (C=O) groups excluding carboxylic acids is 1. The highest BCUT2D eigenvalue weighted by molar-refractivity contribution is 8.15. The number of nitrogens with one attached hydrogen (secondary N) is 2. The predicted octanol–water partition coefficient (Wildman–Crippen LogP) is 3.95. The quantitative estimate of drug-likeness (QED) is 0.524. The van der Waals surface area contributed by atoms with Crippen LogP contribution in [0.4, 0.5) is 18.9 Å². The van der Waals surface area contributed by atoms with Gasteiger partial charge in [0.15, 0.2) is 5.17 Å². The van der Waals surface area contributed by atoms with Gasteiger partial charge in [-0.2, -0.15) is 18.3 Å². The van der Waals surface area contributed by atoms with Crippen LogP contribution in [0.5, 0.6) is 0 Å². The van der Waals surface area contributed by atoms with E-state index >= 15 is 0 Å².